The molecule has 0 saturated heterocycles. The van der Waals surface area contributed by atoms with Gasteiger partial charge in [-0.3, -0.25) is 9.59 Å². The lowest BCUT2D eigenvalue weighted by Gasteiger charge is -2.24. The predicted molar refractivity (Wildman–Crippen MR) is 74.5 cm³/mol. The summed E-state index contributed by atoms with van der Waals surface area (Å²) in [7, 11) is 0. The van der Waals surface area contributed by atoms with E-state index in [-0.39, 0.29) is 13.2 Å². The first-order valence-corrected chi connectivity index (χ1v) is 6.67. The van der Waals surface area contributed by atoms with E-state index < -0.39 is 35.7 Å². The van der Waals surface area contributed by atoms with Crippen molar-refractivity contribution in [2.75, 3.05) is 13.2 Å². The number of esters is 1. The fraction of sp³-hybridized carbons (Fsp3) is 0.769. The summed E-state index contributed by atoms with van der Waals surface area (Å²) in [6.45, 7) is 7.85. The van der Waals surface area contributed by atoms with Crippen molar-refractivity contribution >= 4 is 18.0 Å². The number of aliphatic hydroxyl groups is 1. The zero-order valence-electron chi connectivity index (χ0n) is 13.1. The van der Waals surface area contributed by atoms with Crippen LogP contribution in [0, 0.1) is 0 Å². The lowest BCUT2D eigenvalue weighted by molar-refractivity contribution is -0.143. The van der Waals surface area contributed by atoms with Crippen LogP contribution in [-0.2, 0) is 19.1 Å². The summed E-state index contributed by atoms with van der Waals surface area (Å²) < 4.78 is 9.65. The van der Waals surface area contributed by atoms with Crippen LogP contribution in [-0.4, -0.2) is 54.0 Å². The first-order valence-electron chi connectivity index (χ1n) is 6.67. The van der Waals surface area contributed by atoms with E-state index in [2.05, 4.69) is 15.4 Å². The van der Waals surface area contributed by atoms with Crippen LogP contribution < -0.4 is 10.6 Å². The van der Waals surface area contributed by atoms with Crippen LogP contribution in [0.1, 0.15) is 34.6 Å². The van der Waals surface area contributed by atoms with Crippen LogP contribution in [0.4, 0.5) is 4.79 Å². The summed E-state index contributed by atoms with van der Waals surface area (Å²) in [4.78, 5) is 34.6. The smallest absolute Gasteiger partial charge is 0.408 e. The molecule has 0 aromatic carbocycles. The van der Waals surface area contributed by atoms with Crippen molar-refractivity contribution in [1.29, 1.82) is 0 Å². The van der Waals surface area contributed by atoms with Gasteiger partial charge in [0.2, 0.25) is 5.91 Å². The first kappa shape index (κ1) is 19.2. The molecule has 0 heterocycles. The van der Waals surface area contributed by atoms with E-state index in [4.69, 9.17) is 4.74 Å². The Labute approximate surface area is 124 Å². The maximum atomic E-state index is 11.8. The van der Waals surface area contributed by atoms with Gasteiger partial charge in [-0.05, 0) is 34.6 Å². The molecular formula is C13H24N2O6. The summed E-state index contributed by atoms with van der Waals surface area (Å²) in [5, 5.41) is 14.1. The quantitative estimate of drug-likeness (QED) is 0.592. The Kier molecular flexibility index (Phi) is 7.72. The number of aliphatic hydroxyl groups excluding tert-OH is 1. The number of amides is 2. The van der Waals surface area contributed by atoms with E-state index in [0.29, 0.717) is 0 Å². The molecule has 3 N–H and O–H groups in total. The van der Waals surface area contributed by atoms with Crippen molar-refractivity contribution in [2.45, 2.75) is 52.4 Å². The number of nitrogens with one attached hydrogen (secondary N) is 2. The van der Waals surface area contributed by atoms with Crippen molar-refractivity contribution in [3.05, 3.63) is 0 Å². The largest absolute Gasteiger partial charge is 0.465 e. The fourth-order valence-electron chi connectivity index (χ4n) is 1.32. The molecular weight excluding hydrogens is 280 g/mol. The van der Waals surface area contributed by atoms with Crippen molar-refractivity contribution in [2.24, 2.45) is 0 Å². The molecule has 0 unspecified atom stereocenters. The Morgan fingerprint density at radius 2 is 1.81 bits per heavy atom. The number of ether oxygens (including phenoxy) is 2. The second-order valence-corrected chi connectivity index (χ2v) is 5.39. The Bertz CT molecular complexity index is 375. The van der Waals surface area contributed by atoms with E-state index in [1.807, 2.05) is 0 Å². The normalized spacial score (nSPS) is 13.8. The third kappa shape index (κ3) is 8.85. The highest BCUT2D eigenvalue weighted by atomic mass is 16.6. The number of rotatable bonds is 6. The Balaban J connectivity index is 4.51. The van der Waals surface area contributed by atoms with Crippen LogP contribution >= 0.6 is 0 Å². The molecule has 0 aliphatic carbocycles. The van der Waals surface area contributed by atoms with Crippen molar-refractivity contribution < 1.29 is 29.0 Å². The topological polar surface area (TPSA) is 114 Å². The fourth-order valence-corrected chi connectivity index (χ4v) is 1.32. The Hall–Kier alpha value is -1.83. The molecule has 0 aliphatic heterocycles. The zero-order valence-corrected chi connectivity index (χ0v) is 13.1. The highest BCUT2D eigenvalue weighted by Gasteiger charge is 2.28. The Morgan fingerprint density at radius 3 is 2.24 bits per heavy atom. The minimum Gasteiger partial charge on any atom is -0.465 e. The number of alkyl carbamates (subject to hydrolysis) is 1. The second-order valence-electron chi connectivity index (χ2n) is 5.39. The molecule has 0 saturated carbocycles. The average molecular weight is 304 g/mol. The number of hydrogen-bond acceptors (Lipinski definition) is 6. The van der Waals surface area contributed by atoms with Gasteiger partial charge >= 0.3 is 12.1 Å². The predicted octanol–water partition coefficient (Wildman–Crippen LogP) is -0.0602. The van der Waals surface area contributed by atoms with Gasteiger partial charge in [0.15, 0.2) is 0 Å². The van der Waals surface area contributed by atoms with E-state index in [1.165, 1.54) is 6.92 Å². The van der Waals surface area contributed by atoms with Gasteiger partial charge in [-0.2, -0.15) is 0 Å². The number of carbonyl (C=O) groups excluding carboxylic acids is 3. The van der Waals surface area contributed by atoms with E-state index >= 15 is 0 Å². The molecule has 8 nitrogen and oxygen atoms in total. The molecule has 2 atom stereocenters. The van der Waals surface area contributed by atoms with Crippen LogP contribution in [0.25, 0.3) is 0 Å². The summed E-state index contributed by atoms with van der Waals surface area (Å²) in [5.41, 5.74) is -0.727. The summed E-state index contributed by atoms with van der Waals surface area (Å²) in [6.07, 6.45) is -1.99. The third-order valence-corrected chi connectivity index (χ3v) is 2.15. The minimum atomic E-state index is -1.23. The Morgan fingerprint density at radius 1 is 1.24 bits per heavy atom. The van der Waals surface area contributed by atoms with Crippen molar-refractivity contribution in [3.63, 3.8) is 0 Å². The monoisotopic (exact) mass is 304 g/mol. The molecule has 0 aromatic heterocycles. The van der Waals surface area contributed by atoms with E-state index in [0.717, 1.165) is 0 Å². The van der Waals surface area contributed by atoms with Crippen LogP contribution in [0.5, 0.6) is 0 Å². The summed E-state index contributed by atoms with van der Waals surface area (Å²) in [5.74, 6) is -1.31. The number of hydrogen-bond donors (Lipinski definition) is 3. The summed E-state index contributed by atoms with van der Waals surface area (Å²) >= 11 is 0. The summed E-state index contributed by atoms with van der Waals surface area (Å²) in [6, 6.07) is -1.23. The van der Waals surface area contributed by atoms with Crippen LogP contribution in [0.15, 0.2) is 0 Å². The van der Waals surface area contributed by atoms with Gasteiger partial charge in [-0.15, -0.1) is 0 Å². The van der Waals surface area contributed by atoms with Gasteiger partial charge in [0, 0.05) is 0 Å². The van der Waals surface area contributed by atoms with E-state index in [9.17, 15) is 19.5 Å². The highest BCUT2D eigenvalue weighted by molar-refractivity contribution is 5.88. The average Bonchev–Trinajstić information content (AvgIpc) is 2.31. The molecule has 2 amide bonds. The van der Waals surface area contributed by atoms with Crippen molar-refractivity contribution in [3.8, 4) is 0 Å². The van der Waals surface area contributed by atoms with Gasteiger partial charge in [-0.1, -0.05) is 0 Å². The minimum absolute atomic E-state index is 0.199. The molecule has 0 rings (SSSR count). The third-order valence-electron chi connectivity index (χ3n) is 2.15. The maximum Gasteiger partial charge on any atom is 0.408 e. The van der Waals surface area contributed by atoms with Gasteiger partial charge < -0.3 is 25.2 Å². The lowest BCUT2D eigenvalue weighted by atomic mass is 10.1. The lowest BCUT2D eigenvalue weighted by Crippen LogP contribution is -2.54. The molecule has 0 aromatic rings. The zero-order chi connectivity index (χ0) is 16.6. The van der Waals surface area contributed by atoms with E-state index in [1.54, 1.807) is 27.7 Å². The molecule has 8 heteroatoms. The van der Waals surface area contributed by atoms with Crippen LogP contribution in [0.2, 0.25) is 0 Å². The van der Waals surface area contributed by atoms with Gasteiger partial charge in [-0.25, -0.2) is 4.79 Å². The van der Waals surface area contributed by atoms with Crippen LogP contribution in [0.3, 0.4) is 0 Å². The first-order chi connectivity index (χ1) is 9.56. The molecule has 0 aliphatic rings. The van der Waals surface area contributed by atoms with Gasteiger partial charge in [0.1, 0.15) is 18.2 Å². The molecule has 0 spiro atoms. The number of carbonyl (C=O) groups is 3. The maximum absolute atomic E-state index is 11.8. The highest BCUT2D eigenvalue weighted by Crippen LogP contribution is 2.07. The molecule has 0 radical (unpaired) electrons. The molecule has 0 bridgehead atoms. The van der Waals surface area contributed by atoms with Gasteiger partial charge in [0.05, 0.1) is 12.7 Å². The van der Waals surface area contributed by atoms with Crippen molar-refractivity contribution in [1.82, 2.24) is 10.6 Å². The second kappa shape index (κ2) is 8.46. The molecule has 0 fully saturated rings. The molecule has 122 valence electrons. The standard InChI is InChI=1S/C13H24N2O6/c1-6-20-9(17)7-14-11(18)10(8(2)16)15-12(19)21-13(3,4)5/h8,10,16H,6-7H2,1-5H3,(H,14,18)(H,15,19)/t8-,10+/m1/s1. The van der Waals surface area contributed by atoms with Gasteiger partial charge in [0.25, 0.3) is 0 Å². The SMILES string of the molecule is CCOC(=O)CNC(=O)[C@@H](NC(=O)OC(C)(C)C)[C@@H](C)O. The molecule has 21 heavy (non-hydrogen) atoms.